The van der Waals surface area contributed by atoms with Gasteiger partial charge in [0.25, 0.3) is 0 Å². The lowest BCUT2D eigenvalue weighted by Crippen LogP contribution is -2.65. The monoisotopic (exact) mass is 1410 g/mol. The molecule has 9 atom stereocenters. The lowest BCUT2D eigenvalue weighted by molar-refractivity contribution is -0.160. The van der Waals surface area contributed by atoms with Crippen molar-refractivity contribution in [1.29, 1.82) is 0 Å². The highest BCUT2D eigenvalue weighted by molar-refractivity contribution is 6.31. The highest BCUT2D eigenvalue weighted by atomic mass is 35.5. The standard InChI is InChI=1S/C71H106ClF3N12O12/c1-42(2)37-53-60(90)77-58(47-26-27-47)67(97)80(7)44(5)62(92)87-36-30-52(87)65(95)82(9)54(39-45-21-14-12-15-22-45)64(94)79(6)41-56(88)76-50(29-25-46-24-28-48(49(72)38-46)71(73,74)75)63(93)86-35-20-23-51(86)61(91)78-70(31-16-17-32-70)69(99)84(11)59(43(3)4)68(98)83(10)55(40-57(89)81(53)8)66(96)85-33-18-13-19-34-85/h24,28,38,42-45,47,50-55,58-59H,12-23,25-27,29-37,39-41H2,1-11H3,(H,76,88)(H,77,90)(H,78,91)/t44-,50-,51-,52-,53-,54-,55-,58-,59-/m0/s1. The van der Waals surface area contributed by atoms with Gasteiger partial charge >= 0.3 is 6.18 Å². The minimum absolute atomic E-state index is 0.0284. The van der Waals surface area contributed by atoms with Gasteiger partial charge in [-0.2, -0.15) is 13.2 Å². The Balaban J connectivity index is 1.16. The molecule has 1 spiro atoms. The van der Waals surface area contributed by atoms with E-state index in [1.54, 1.807) is 18.7 Å². The van der Waals surface area contributed by atoms with E-state index in [0.717, 1.165) is 55.6 Å². The van der Waals surface area contributed by atoms with Crippen LogP contribution >= 0.6 is 11.6 Å². The van der Waals surface area contributed by atoms with Crippen LogP contribution in [0.4, 0.5) is 13.2 Å². The van der Waals surface area contributed by atoms with Gasteiger partial charge < -0.3 is 60.0 Å². The number of carbonyl (C=O) groups excluding carboxylic acids is 12. The maximum absolute atomic E-state index is 15.4. The molecule has 4 heterocycles. The van der Waals surface area contributed by atoms with E-state index in [0.29, 0.717) is 63.6 Å². The van der Waals surface area contributed by atoms with Crippen LogP contribution in [0.3, 0.4) is 0 Å². The molecule has 7 fully saturated rings. The summed E-state index contributed by atoms with van der Waals surface area (Å²) in [5.41, 5.74) is -2.35. The third-order valence-electron chi connectivity index (χ3n) is 22.0. The number of fused-ring (bicyclic) bond motifs is 2. The molecule has 99 heavy (non-hydrogen) atoms. The second kappa shape index (κ2) is 33.2. The van der Waals surface area contributed by atoms with Crippen molar-refractivity contribution >= 4 is 82.5 Å². The maximum atomic E-state index is 15.4. The van der Waals surface area contributed by atoms with Gasteiger partial charge in [-0.3, -0.25) is 57.5 Å². The Labute approximate surface area is 585 Å². The molecule has 7 aliphatic rings. The van der Waals surface area contributed by atoms with Gasteiger partial charge in [-0.15, -0.1) is 0 Å². The molecule has 4 aliphatic heterocycles. The molecule has 8 rings (SSSR count). The number of amides is 12. The van der Waals surface area contributed by atoms with Gasteiger partial charge in [-0.25, -0.2) is 0 Å². The third kappa shape index (κ3) is 18.2. The molecule has 12 amide bonds. The van der Waals surface area contributed by atoms with E-state index in [4.69, 9.17) is 11.6 Å². The number of likely N-dealkylation sites (tertiary alicyclic amines) is 1. The van der Waals surface area contributed by atoms with Crippen LogP contribution in [0.5, 0.6) is 0 Å². The van der Waals surface area contributed by atoms with Crippen LogP contribution in [-0.2, 0) is 70.1 Å². The molecule has 3 saturated carbocycles. The smallest absolute Gasteiger partial charge is 0.343 e. The van der Waals surface area contributed by atoms with E-state index in [1.807, 2.05) is 13.8 Å². The van der Waals surface area contributed by atoms with Crippen molar-refractivity contribution in [1.82, 2.24) is 60.0 Å². The summed E-state index contributed by atoms with van der Waals surface area (Å²) in [6.45, 7) is 9.07. The quantitative estimate of drug-likeness (QED) is 0.266. The molecule has 1 aromatic rings. The van der Waals surface area contributed by atoms with Crippen molar-refractivity contribution in [3.05, 3.63) is 34.3 Å². The number of halogens is 4. The van der Waals surface area contributed by atoms with E-state index in [2.05, 4.69) is 16.0 Å². The SMILES string of the molecule is CC(C)C[C@H]1C(=O)N[C@@H](C2CC2)C(=O)N(C)[C@@H](C)C(=O)N2CC[C@H]2C(=O)N(C)[C@@H](CC2CCCCC2)C(=O)N(C)CC(=O)N[C@@H](CCc2ccc(C(F)(F)F)c(Cl)c2)C(=O)N2CCC[C@H]2C(=O)NC2(CCCC2)C(=O)N(C)[C@@H](C(C)C)C(=O)N(C)[C@H](C(=O)N2CCCCC2)CC(=O)N1C. The lowest BCUT2D eigenvalue weighted by Gasteiger charge is -2.45. The molecule has 28 heteroatoms. The van der Waals surface area contributed by atoms with E-state index in [1.165, 1.54) is 89.6 Å². The summed E-state index contributed by atoms with van der Waals surface area (Å²) in [5, 5.41) is 8.17. The second-order valence-electron chi connectivity index (χ2n) is 29.9. The normalized spacial score (nSPS) is 28.4. The van der Waals surface area contributed by atoms with Gasteiger partial charge in [0.1, 0.15) is 59.9 Å². The molecule has 3 aliphatic carbocycles. The van der Waals surface area contributed by atoms with Crippen molar-refractivity contribution in [2.45, 2.75) is 242 Å². The number of carbonyl (C=O) groups is 12. The minimum Gasteiger partial charge on any atom is -0.343 e. The van der Waals surface area contributed by atoms with Crippen LogP contribution in [0, 0.1) is 23.7 Å². The Hall–Kier alpha value is -7.06. The highest BCUT2D eigenvalue weighted by Gasteiger charge is 2.52. The number of likely N-dealkylation sites (N-methyl/N-ethyl adjacent to an activating group) is 6. The van der Waals surface area contributed by atoms with Gasteiger partial charge in [-0.05, 0) is 138 Å². The van der Waals surface area contributed by atoms with Crippen LogP contribution in [0.15, 0.2) is 18.2 Å². The molecule has 24 nitrogen and oxygen atoms in total. The molecule has 0 unspecified atom stereocenters. The zero-order valence-electron chi connectivity index (χ0n) is 59.8. The Morgan fingerprint density at radius 2 is 1.26 bits per heavy atom. The number of hydrogen-bond donors (Lipinski definition) is 3. The summed E-state index contributed by atoms with van der Waals surface area (Å²) in [4.78, 5) is 191. The predicted octanol–water partition coefficient (Wildman–Crippen LogP) is 5.39. The molecular weight excluding hydrogens is 1310 g/mol. The van der Waals surface area contributed by atoms with E-state index in [-0.39, 0.29) is 82.2 Å². The zero-order valence-corrected chi connectivity index (χ0v) is 60.5. The third-order valence-corrected chi connectivity index (χ3v) is 22.4. The minimum atomic E-state index is -4.76. The largest absolute Gasteiger partial charge is 0.417 e. The summed E-state index contributed by atoms with van der Waals surface area (Å²) >= 11 is 6.16. The van der Waals surface area contributed by atoms with Crippen LogP contribution in [0.1, 0.15) is 181 Å². The fourth-order valence-corrected chi connectivity index (χ4v) is 15.9. The molecule has 1 aromatic carbocycles. The van der Waals surface area contributed by atoms with Crippen LogP contribution in [0.2, 0.25) is 5.02 Å². The number of hydrogen-bond acceptors (Lipinski definition) is 12. The number of benzene rings is 1. The number of rotatable bonds is 10. The summed E-state index contributed by atoms with van der Waals surface area (Å²) in [5.74, 6) is -8.53. The Morgan fingerprint density at radius 1 is 0.626 bits per heavy atom. The number of aryl methyl sites for hydroxylation is 1. The molecule has 550 valence electrons. The summed E-state index contributed by atoms with van der Waals surface area (Å²) in [7, 11) is 8.64. The molecule has 4 saturated heterocycles. The van der Waals surface area contributed by atoms with Gasteiger partial charge in [0.15, 0.2) is 0 Å². The first-order valence-corrected chi connectivity index (χ1v) is 36.3. The van der Waals surface area contributed by atoms with Crippen molar-refractivity contribution in [3.8, 4) is 0 Å². The van der Waals surface area contributed by atoms with E-state index in [9.17, 15) is 51.5 Å². The van der Waals surface area contributed by atoms with E-state index < -0.39 is 166 Å². The van der Waals surface area contributed by atoms with Crippen molar-refractivity contribution in [2.75, 3.05) is 75.0 Å². The fourth-order valence-electron chi connectivity index (χ4n) is 15.6. The highest BCUT2D eigenvalue weighted by Crippen LogP contribution is 2.39. The molecule has 0 aromatic heterocycles. The Kier molecular flexibility index (Phi) is 26.0. The number of alkyl halides is 3. The summed E-state index contributed by atoms with van der Waals surface area (Å²) < 4.78 is 41.6. The van der Waals surface area contributed by atoms with Crippen LogP contribution < -0.4 is 16.0 Å². The van der Waals surface area contributed by atoms with Gasteiger partial charge in [0.2, 0.25) is 70.9 Å². The average Bonchev–Trinajstić information content (AvgIpc) is 1.66. The molecule has 0 bridgehead atoms. The Bertz CT molecular complexity index is 3170. The van der Waals surface area contributed by atoms with Crippen molar-refractivity contribution in [2.24, 2.45) is 23.7 Å². The second-order valence-corrected chi connectivity index (χ2v) is 30.3. The van der Waals surface area contributed by atoms with Crippen molar-refractivity contribution < 1.29 is 70.7 Å². The molecule has 3 N–H and O–H groups in total. The fraction of sp³-hybridized carbons (Fsp3) is 0.746. The molecular formula is C71H106ClF3N12O12. The predicted molar refractivity (Wildman–Crippen MR) is 362 cm³/mol. The van der Waals surface area contributed by atoms with Gasteiger partial charge in [0.05, 0.1) is 23.6 Å². The van der Waals surface area contributed by atoms with Gasteiger partial charge in [-0.1, -0.05) is 90.3 Å². The lowest BCUT2D eigenvalue weighted by atomic mass is 9.84. The first kappa shape index (κ1) is 77.7. The average molecular weight is 1410 g/mol. The van der Waals surface area contributed by atoms with Gasteiger partial charge in [0, 0.05) is 68.5 Å². The summed E-state index contributed by atoms with van der Waals surface area (Å²) in [6.07, 6.45) is 4.64. The summed E-state index contributed by atoms with van der Waals surface area (Å²) in [6, 6.07) is -7.64. The Morgan fingerprint density at radius 3 is 1.85 bits per heavy atom. The van der Waals surface area contributed by atoms with Crippen LogP contribution in [0.25, 0.3) is 0 Å². The maximum Gasteiger partial charge on any atom is 0.417 e. The number of nitrogens with one attached hydrogen (secondary N) is 3. The van der Waals surface area contributed by atoms with Crippen molar-refractivity contribution in [3.63, 3.8) is 0 Å². The topological polar surface area (TPSA) is 270 Å². The first-order valence-electron chi connectivity index (χ1n) is 35.9. The number of piperidine rings is 1. The molecule has 0 radical (unpaired) electrons. The van der Waals surface area contributed by atoms with E-state index >= 15 is 19.2 Å². The zero-order chi connectivity index (χ0) is 72.7. The number of nitrogens with zero attached hydrogens (tertiary/aromatic N) is 9. The first-order chi connectivity index (χ1) is 46.7. The van der Waals surface area contributed by atoms with Crippen LogP contribution in [-0.4, -0.2) is 250 Å².